The summed E-state index contributed by atoms with van der Waals surface area (Å²) in [5.74, 6) is -0.175. The van der Waals surface area contributed by atoms with E-state index in [2.05, 4.69) is 17.1 Å². The summed E-state index contributed by atoms with van der Waals surface area (Å²) < 4.78 is 26.8. The van der Waals surface area contributed by atoms with Gasteiger partial charge in [-0.3, -0.25) is 4.79 Å². The van der Waals surface area contributed by atoms with Gasteiger partial charge in [-0.25, -0.2) is 8.42 Å². The lowest BCUT2D eigenvalue weighted by molar-refractivity contribution is -0.116. The van der Waals surface area contributed by atoms with Crippen molar-refractivity contribution in [2.75, 3.05) is 38.5 Å². The highest BCUT2D eigenvalue weighted by Crippen LogP contribution is 2.28. The van der Waals surface area contributed by atoms with E-state index in [0.29, 0.717) is 36.8 Å². The zero-order valence-electron chi connectivity index (χ0n) is 15.5. The molecule has 0 saturated carbocycles. The number of hydrogen-bond acceptors (Lipinski definition) is 4. The first-order valence-electron chi connectivity index (χ1n) is 9.12. The fraction of sp³-hybridized carbons (Fsp3) is 0.611. The smallest absolute Gasteiger partial charge is 0.243 e. The number of carbonyl (C=O) groups is 1. The third-order valence-electron chi connectivity index (χ3n) is 4.53. The molecule has 1 aliphatic rings. The summed E-state index contributed by atoms with van der Waals surface area (Å²) in [5.41, 5.74) is 0.341. The molecule has 26 heavy (non-hydrogen) atoms. The van der Waals surface area contributed by atoms with E-state index in [0.717, 1.165) is 32.2 Å². The maximum Gasteiger partial charge on any atom is 0.243 e. The molecule has 0 atom stereocenters. The van der Waals surface area contributed by atoms with Crippen molar-refractivity contribution in [3.05, 3.63) is 23.2 Å². The quantitative estimate of drug-likeness (QED) is 0.689. The molecule has 1 aromatic rings. The Morgan fingerprint density at radius 2 is 1.96 bits per heavy atom. The number of rotatable bonds is 9. The Balaban J connectivity index is 2.02. The summed E-state index contributed by atoms with van der Waals surface area (Å²) in [6.45, 7) is 4.81. The molecule has 1 heterocycles. The number of nitrogens with one attached hydrogen (secondary N) is 1. The van der Waals surface area contributed by atoms with Crippen LogP contribution in [-0.2, 0) is 14.8 Å². The Morgan fingerprint density at radius 3 is 2.62 bits per heavy atom. The van der Waals surface area contributed by atoms with Gasteiger partial charge in [-0.2, -0.15) is 4.31 Å². The van der Waals surface area contributed by atoms with E-state index in [-0.39, 0.29) is 10.8 Å². The van der Waals surface area contributed by atoms with Gasteiger partial charge in [-0.05, 0) is 51.1 Å². The zero-order chi connectivity index (χ0) is 19.2. The second-order valence-electron chi connectivity index (χ2n) is 6.71. The second-order valence-corrected chi connectivity index (χ2v) is 9.05. The molecule has 0 aromatic heterocycles. The van der Waals surface area contributed by atoms with Gasteiger partial charge in [0.25, 0.3) is 0 Å². The molecule has 6 nitrogen and oxygen atoms in total. The van der Waals surface area contributed by atoms with Gasteiger partial charge in [-0.15, -0.1) is 0 Å². The molecule has 0 bridgehead atoms. The van der Waals surface area contributed by atoms with Crippen LogP contribution in [0.4, 0.5) is 5.69 Å². The minimum atomic E-state index is -3.53. The average molecular weight is 402 g/mol. The first-order chi connectivity index (χ1) is 12.3. The van der Waals surface area contributed by atoms with Crippen molar-refractivity contribution in [2.45, 2.75) is 43.9 Å². The van der Waals surface area contributed by atoms with Gasteiger partial charge in [0.15, 0.2) is 0 Å². The number of unbranched alkanes of at least 4 members (excludes halogenated alkanes) is 1. The number of anilines is 1. The standard InChI is InChI=1S/C18H28ClN3O3S/c1-3-4-10-21(2)13-9-18(23)20-17-14-15(7-8-16(17)19)26(24,25)22-11-5-6-12-22/h7-8,14H,3-6,9-13H2,1-2H3,(H,20,23). The number of sulfonamides is 1. The van der Waals surface area contributed by atoms with E-state index < -0.39 is 10.0 Å². The highest BCUT2D eigenvalue weighted by molar-refractivity contribution is 7.89. The molecule has 1 amide bonds. The highest BCUT2D eigenvalue weighted by Gasteiger charge is 2.27. The van der Waals surface area contributed by atoms with Gasteiger partial charge in [0.1, 0.15) is 0 Å². The van der Waals surface area contributed by atoms with Crippen LogP contribution in [0.15, 0.2) is 23.1 Å². The van der Waals surface area contributed by atoms with Crippen molar-refractivity contribution in [2.24, 2.45) is 0 Å². The molecule has 2 rings (SSSR count). The lowest BCUT2D eigenvalue weighted by Crippen LogP contribution is -2.28. The summed E-state index contributed by atoms with van der Waals surface area (Å²) in [7, 11) is -1.55. The number of hydrogen-bond donors (Lipinski definition) is 1. The average Bonchev–Trinajstić information content (AvgIpc) is 3.15. The normalized spacial score (nSPS) is 15.5. The van der Waals surface area contributed by atoms with Crippen molar-refractivity contribution >= 4 is 33.2 Å². The van der Waals surface area contributed by atoms with Gasteiger partial charge in [-0.1, -0.05) is 24.9 Å². The van der Waals surface area contributed by atoms with Crippen LogP contribution in [-0.4, -0.2) is 56.8 Å². The monoisotopic (exact) mass is 401 g/mol. The van der Waals surface area contributed by atoms with Crippen molar-refractivity contribution in [1.29, 1.82) is 0 Å². The van der Waals surface area contributed by atoms with Crippen LogP contribution < -0.4 is 5.32 Å². The Bertz CT molecular complexity index is 718. The minimum Gasteiger partial charge on any atom is -0.325 e. The number of amides is 1. The van der Waals surface area contributed by atoms with E-state index in [1.807, 2.05) is 7.05 Å². The molecule has 0 unspecified atom stereocenters. The number of nitrogens with zero attached hydrogens (tertiary/aromatic N) is 2. The van der Waals surface area contributed by atoms with Crippen molar-refractivity contribution in [1.82, 2.24) is 9.21 Å². The third-order valence-corrected chi connectivity index (χ3v) is 6.75. The molecule has 1 N–H and O–H groups in total. The maximum absolute atomic E-state index is 12.7. The SMILES string of the molecule is CCCCN(C)CCC(=O)Nc1cc(S(=O)(=O)N2CCCC2)ccc1Cl. The Hall–Kier alpha value is -1.15. The van der Waals surface area contributed by atoms with E-state index in [1.54, 1.807) is 0 Å². The van der Waals surface area contributed by atoms with Gasteiger partial charge >= 0.3 is 0 Å². The second kappa shape index (κ2) is 9.69. The zero-order valence-corrected chi connectivity index (χ0v) is 17.1. The molecule has 1 aromatic carbocycles. The number of halogens is 1. The van der Waals surface area contributed by atoms with Crippen LogP contribution in [0.1, 0.15) is 39.0 Å². The van der Waals surface area contributed by atoms with Crippen LogP contribution >= 0.6 is 11.6 Å². The summed E-state index contributed by atoms with van der Waals surface area (Å²) in [6, 6.07) is 4.46. The Kier molecular flexibility index (Phi) is 7.88. The van der Waals surface area contributed by atoms with Gasteiger partial charge in [0, 0.05) is 26.1 Å². The molecule has 1 saturated heterocycles. The molecule has 0 aliphatic carbocycles. The molecule has 8 heteroatoms. The largest absolute Gasteiger partial charge is 0.325 e. The van der Waals surface area contributed by atoms with E-state index in [9.17, 15) is 13.2 Å². The van der Waals surface area contributed by atoms with Crippen molar-refractivity contribution in [3.63, 3.8) is 0 Å². The lowest BCUT2D eigenvalue weighted by Gasteiger charge is -2.17. The number of carbonyl (C=O) groups excluding carboxylic acids is 1. The topological polar surface area (TPSA) is 69.7 Å². The maximum atomic E-state index is 12.7. The molecular formula is C18H28ClN3O3S. The Labute approximate surface area is 161 Å². The van der Waals surface area contributed by atoms with Crippen molar-refractivity contribution in [3.8, 4) is 0 Å². The lowest BCUT2D eigenvalue weighted by atomic mass is 10.3. The Morgan fingerprint density at radius 1 is 1.27 bits per heavy atom. The van der Waals surface area contributed by atoms with Gasteiger partial charge < -0.3 is 10.2 Å². The summed E-state index contributed by atoms with van der Waals surface area (Å²) >= 11 is 6.15. The van der Waals surface area contributed by atoms with Crippen LogP contribution in [0, 0.1) is 0 Å². The first-order valence-corrected chi connectivity index (χ1v) is 10.9. The fourth-order valence-corrected chi connectivity index (χ4v) is 4.59. The van der Waals surface area contributed by atoms with Crippen LogP contribution in [0.25, 0.3) is 0 Å². The fourth-order valence-electron chi connectivity index (χ4n) is 2.88. The highest BCUT2D eigenvalue weighted by atomic mass is 35.5. The molecule has 0 radical (unpaired) electrons. The van der Waals surface area contributed by atoms with Gasteiger partial charge in [0.2, 0.25) is 15.9 Å². The van der Waals surface area contributed by atoms with E-state index in [4.69, 9.17) is 11.6 Å². The van der Waals surface area contributed by atoms with Crippen LogP contribution in [0.5, 0.6) is 0 Å². The van der Waals surface area contributed by atoms with Crippen LogP contribution in [0.3, 0.4) is 0 Å². The predicted octanol–water partition coefficient (Wildman–Crippen LogP) is 3.19. The molecule has 0 spiro atoms. The summed E-state index contributed by atoms with van der Waals surface area (Å²) in [5, 5.41) is 3.08. The van der Waals surface area contributed by atoms with Crippen molar-refractivity contribution < 1.29 is 13.2 Å². The predicted molar refractivity (Wildman–Crippen MR) is 105 cm³/mol. The summed E-state index contributed by atoms with van der Waals surface area (Å²) in [6.07, 6.45) is 4.30. The van der Waals surface area contributed by atoms with Gasteiger partial charge in [0.05, 0.1) is 15.6 Å². The third kappa shape index (κ3) is 5.67. The molecule has 1 fully saturated rings. The number of benzene rings is 1. The first kappa shape index (κ1) is 21.2. The summed E-state index contributed by atoms with van der Waals surface area (Å²) in [4.78, 5) is 14.5. The minimum absolute atomic E-state index is 0.166. The van der Waals surface area contributed by atoms with E-state index >= 15 is 0 Å². The van der Waals surface area contributed by atoms with Crippen LogP contribution in [0.2, 0.25) is 5.02 Å². The van der Waals surface area contributed by atoms with E-state index in [1.165, 1.54) is 22.5 Å². The molecule has 1 aliphatic heterocycles. The molecule has 146 valence electrons. The molecular weight excluding hydrogens is 374 g/mol.